The van der Waals surface area contributed by atoms with Crippen LogP contribution in [0.2, 0.25) is 0 Å². The summed E-state index contributed by atoms with van der Waals surface area (Å²) < 4.78 is 0. The van der Waals surface area contributed by atoms with Gasteiger partial charge in [-0.05, 0) is 30.7 Å². The number of hydrogen-bond donors (Lipinski definition) is 0. The van der Waals surface area contributed by atoms with Gasteiger partial charge in [0.05, 0.1) is 0 Å². The van der Waals surface area contributed by atoms with Crippen LogP contribution in [0, 0.1) is 6.92 Å². The van der Waals surface area contributed by atoms with Crippen LogP contribution in [0.5, 0.6) is 0 Å². The van der Waals surface area contributed by atoms with Crippen molar-refractivity contribution < 1.29 is 9.59 Å². The Balaban J connectivity index is 2.29. The number of rotatable bonds is 1. The second-order valence-electron chi connectivity index (χ2n) is 4.72. The van der Waals surface area contributed by atoms with E-state index in [-0.39, 0.29) is 11.6 Å². The lowest BCUT2D eigenvalue weighted by Gasteiger charge is -2.18. The molecule has 1 aliphatic carbocycles. The van der Waals surface area contributed by atoms with Crippen molar-refractivity contribution in [1.82, 2.24) is 0 Å². The van der Waals surface area contributed by atoms with Crippen LogP contribution in [0.4, 0.5) is 0 Å². The van der Waals surface area contributed by atoms with Crippen LogP contribution in [-0.2, 0) is 0 Å². The molecule has 2 aromatic rings. The van der Waals surface area contributed by atoms with E-state index in [1.165, 1.54) is 0 Å². The Labute approximate surface area is 111 Å². The zero-order chi connectivity index (χ0) is 13.6. The molecule has 2 aromatic carbocycles. The lowest BCUT2D eigenvalue weighted by Crippen LogP contribution is -2.21. The lowest BCUT2D eigenvalue weighted by atomic mass is 9.83. The maximum Gasteiger partial charge on any atom is 0.194 e. The predicted molar refractivity (Wildman–Crippen MR) is 74.6 cm³/mol. The van der Waals surface area contributed by atoms with E-state index in [2.05, 4.69) is 6.58 Å². The second kappa shape index (κ2) is 4.02. The summed E-state index contributed by atoms with van der Waals surface area (Å²) in [4.78, 5) is 24.9. The van der Waals surface area contributed by atoms with Crippen molar-refractivity contribution in [2.75, 3.05) is 0 Å². The predicted octanol–water partition coefficient (Wildman–Crippen LogP) is 3.41. The van der Waals surface area contributed by atoms with Crippen LogP contribution < -0.4 is 0 Å². The van der Waals surface area contributed by atoms with Crippen LogP contribution in [0.3, 0.4) is 0 Å². The molecular formula is C17H12O2. The molecule has 0 amide bonds. The number of carbonyl (C=O) groups is 2. The van der Waals surface area contributed by atoms with Gasteiger partial charge in [-0.15, -0.1) is 0 Å². The van der Waals surface area contributed by atoms with Gasteiger partial charge in [0.1, 0.15) is 0 Å². The fourth-order valence-electron chi connectivity index (χ4n) is 2.41. The van der Waals surface area contributed by atoms with Crippen molar-refractivity contribution in [3.05, 3.63) is 76.4 Å². The molecule has 2 nitrogen and oxygen atoms in total. The van der Waals surface area contributed by atoms with E-state index >= 15 is 0 Å². The molecule has 0 N–H and O–H groups in total. The highest BCUT2D eigenvalue weighted by atomic mass is 16.1. The first kappa shape index (κ1) is 11.6. The summed E-state index contributed by atoms with van der Waals surface area (Å²) >= 11 is 0. The molecular weight excluding hydrogens is 236 g/mol. The Morgan fingerprint density at radius 3 is 2.05 bits per heavy atom. The molecule has 2 heteroatoms. The van der Waals surface area contributed by atoms with Gasteiger partial charge < -0.3 is 0 Å². The lowest BCUT2D eigenvalue weighted by molar-refractivity contribution is 0.0979. The minimum Gasteiger partial charge on any atom is -0.289 e. The summed E-state index contributed by atoms with van der Waals surface area (Å²) in [6.45, 7) is 5.59. The van der Waals surface area contributed by atoms with Gasteiger partial charge in [0.25, 0.3) is 0 Å². The average Bonchev–Trinajstić information content (AvgIpc) is 2.44. The van der Waals surface area contributed by atoms with E-state index in [4.69, 9.17) is 0 Å². The molecule has 1 aliphatic rings. The van der Waals surface area contributed by atoms with E-state index < -0.39 is 0 Å². The highest BCUT2D eigenvalue weighted by molar-refractivity contribution is 6.28. The smallest absolute Gasteiger partial charge is 0.194 e. The van der Waals surface area contributed by atoms with Crippen molar-refractivity contribution in [2.45, 2.75) is 6.92 Å². The summed E-state index contributed by atoms with van der Waals surface area (Å²) in [5.41, 5.74) is 3.77. The zero-order valence-electron chi connectivity index (χ0n) is 10.6. The molecule has 0 aromatic heterocycles. The molecule has 19 heavy (non-hydrogen) atoms. The Morgan fingerprint density at radius 2 is 1.42 bits per heavy atom. The molecule has 0 saturated heterocycles. The summed E-state index contributed by atoms with van der Waals surface area (Å²) in [6.07, 6.45) is 1.67. The first-order valence-corrected chi connectivity index (χ1v) is 6.08. The molecule has 0 heterocycles. The number of benzene rings is 2. The molecule has 3 rings (SSSR count). The van der Waals surface area contributed by atoms with Gasteiger partial charge in [-0.1, -0.05) is 36.4 Å². The molecule has 0 radical (unpaired) electrons. The monoisotopic (exact) mass is 248 g/mol. The third-order valence-corrected chi connectivity index (χ3v) is 3.43. The maximum atomic E-state index is 12.4. The minimum atomic E-state index is -0.0895. The fourth-order valence-corrected chi connectivity index (χ4v) is 2.41. The molecule has 0 saturated carbocycles. The minimum absolute atomic E-state index is 0.0797. The highest BCUT2D eigenvalue weighted by Crippen LogP contribution is 2.28. The number of aryl methyl sites for hydroxylation is 1. The normalized spacial score (nSPS) is 12.9. The van der Waals surface area contributed by atoms with Crippen LogP contribution >= 0.6 is 0 Å². The maximum absolute atomic E-state index is 12.4. The van der Waals surface area contributed by atoms with Gasteiger partial charge in [-0.2, -0.15) is 0 Å². The van der Waals surface area contributed by atoms with Gasteiger partial charge in [-0.25, -0.2) is 0 Å². The third-order valence-electron chi connectivity index (χ3n) is 3.43. The summed E-state index contributed by atoms with van der Waals surface area (Å²) in [6, 6.07) is 10.6. The van der Waals surface area contributed by atoms with Gasteiger partial charge in [0, 0.05) is 22.3 Å². The molecule has 0 bridgehead atoms. The van der Waals surface area contributed by atoms with Crippen molar-refractivity contribution in [1.29, 1.82) is 0 Å². The van der Waals surface area contributed by atoms with E-state index in [1.807, 2.05) is 13.0 Å². The van der Waals surface area contributed by atoms with Gasteiger partial charge in [0.2, 0.25) is 0 Å². The molecule has 0 fully saturated rings. The quantitative estimate of drug-likeness (QED) is 0.661. The highest BCUT2D eigenvalue weighted by Gasteiger charge is 2.29. The Kier molecular flexibility index (Phi) is 2.46. The standard InChI is InChI=1S/C17H12O2/c1-3-11-5-7-13-15(9-11)17(19)12-6-4-10(2)8-14(12)16(13)18/h3-9H,1H2,2H3. The van der Waals surface area contributed by atoms with Crippen molar-refractivity contribution >= 4 is 17.6 Å². The van der Waals surface area contributed by atoms with E-state index in [9.17, 15) is 9.59 Å². The first-order valence-electron chi connectivity index (χ1n) is 6.08. The van der Waals surface area contributed by atoms with E-state index in [0.717, 1.165) is 11.1 Å². The first-order chi connectivity index (χ1) is 9.11. The van der Waals surface area contributed by atoms with E-state index in [0.29, 0.717) is 22.3 Å². The van der Waals surface area contributed by atoms with Crippen molar-refractivity contribution in [3.63, 3.8) is 0 Å². The Hall–Kier alpha value is -2.48. The molecule has 0 aliphatic heterocycles. The van der Waals surface area contributed by atoms with Crippen LogP contribution in [0.15, 0.2) is 43.0 Å². The topological polar surface area (TPSA) is 34.1 Å². The van der Waals surface area contributed by atoms with Crippen molar-refractivity contribution in [3.8, 4) is 0 Å². The SMILES string of the molecule is C=Cc1ccc2c(c1)C(=O)c1ccc(C)cc1C2=O. The van der Waals surface area contributed by atoms with Crippen molar-refractivity contribution in [2.24, 2.45) is 0 Å². The van der Waals surface area contributed by atoms with Gasteiger partial charge in [-0.3, -0.25) is 9.59 Å². The fraction of sp³-hybridized carbons (Fsp3) is 0.0588. The molecule has 0 unspecified atom stereocenters. The van der Waals surface area contributed by atoms with Gasteiger partial charge >= 0.3 is 0 Å². The largest absolute Gasteiger partial charge is 0.289 e. The Morgan fingerprint density at radius 1 is 0.842 bits per heavy atom. The molecule has 92 valence electrons. The number of ketones is 2. The average molecular weight is 248 g/mol. The zero-order valence-corrected chi connectivity index (χ0v) is 10.6. The summed E-state index contributed by atoms with van der Waals surface area (Å²) in [7, 11) is 0. The summed E-state index contributed by atoms with van der Waals surface area (Å²) in [5, 5.41) is 0. The van der Waals surface area contributed by atoms with E-state index in [1.54, 1.807) is 36.4 Å². The molecule has 0 atom stereocenters. The van der Waals surface area contributed by atoms with Crippen LogP contribution in [-0.4, -0.2) is 11.6 Å². The number of fused-ring (bicyclic) bond motifs is 2. The summed E-state index contributed by atoms with van der Waals surface area (Å²) in [5.74, 6) is -0.169. The Bertz CT molecular complexity index is 739. The van der Waals surface area contributed by atoms with Gasteiger partial charge in [0.15, 0.2) is 11.6 Å². The third kappa shape index (κ3) is 1.65. The molecule has 0 spiro atoms. The second-order valence-corrected chi connectivity index (χ2v) is 4.72. The number of hydrogen-bond acceptors (Lipinski definition) is 2. The van der Waals surface area contributed by atoms with Crippen LogP contribution in [0.25, 0.3) is 6.08 Å². The van der Waals surface area contributed by atoms with Crippen LogP contribution in [0.1, 0.15) is 43.0 Å². The number of carbonyl (C=O) groups excluding carboxylic acids is 2.